The van der Waals surface area contributed by atoms with E-state index in [4.69, 9.17) is 5.11 Å². The summed E-state index contributed by atoms with van der Waals surface area (Å²) in [6, 6.07) is 5.46. The van der Waals surface area contributed by atoms with E-state index in [9.17, 15) is 9.59 Å². The molecule has 2 N–H and O–H groups in total. The average molecular weight is 279 g/mol. The molecule has 4 nitrogen and oxygen atoms in total. The van der Waals surface area contributed by atoms with Crippen LogP contribution in [0.4, 0.5) is 0 Å². The molecule has 0 saturated heterocycles. The molecule has 0 unspecified atom stereocenters. The van der Waals surface area contributed by atoms with Crippen molar-refractivity contribution in [3.05, 3.63) is 29.3 Å². The number of carbonyl (C=O) groups excluding carboxylic acids is 1. The molecule has 0 heterocycles. The fraction of sp³-hybridized carbons (Fsp3) is 0.429. The maximum atomic E-state index is 11.6. The van der Waals surface area contributed by atoms with Crippen molar-refractivity contribution in [2.24, 2.45) is 0 Å². The standard InChI is InChI=1S/C14H17NO3S/c1-9(14(17)18)15-13(16)8-19-12-6-5-10-3-2-4-11(10)7-12/h5-7,9H,2-4,8H2,1H3,(H,15,16)(H,17,18)/t9-/m0/s1. The molecule has 1 aromatic carbocycles. The van der Waals surface area contributed by atoms with E-state index in [1.54, 1.807) is 0 Å². The first-order valence-electron chi connectivity index (χ1n) is 6.33. The van der Waals surface area contributed by atoms with Crippen molar-refractivity contribution in [2.45, 2.75) is 37.1 Å². The summed E-state index contributed by atoms with van der Waals surface area (Å²) in [5.74, 6) is -1.02. The molecule has 1 atom stereocenters. The lowest BCUT2D eigenvalue weighted by Gasteiger charge is -2.09. The molecule has 0 bridgehead atoms. The quantitative estimate of drug-likeness (QED) is 0.807. The number of hydrogen-bond acceptors (Lipinski definition) is 3. The Morgan fingerprint density at radius 3 is 2.84 bits per heavy atom. The summed E-state index contributed by atoms with van der Waals surface area (Å²) in [6.07, 6.45) is 3.48. The second kappa shape index (κ2) is 6.10. The van der Waals surface area contributed by atoms with Crippen LogP contribution < -0.4 is 5.32 Å². The number of carboxylic acids is 1. The monoisotopic (exact) mass is 279 g/mol. The lowest BCUT2D eigenvalue weighted by Crippen LogP contribution is -2.39. The SMILES string of the molecule is C[C@H](NC(=O)CSc1ccc2c(c1)CCC2)C(=O)O. The van der Waals surface area contributed by atoms with Gasteiger partial charge < -0.3 is 10.4 Å². The maximum Gasteiger partial charge on any atom is 0.325 e. The van der Waals surface area contributed by atoms with Crippen LogP contribution in [0.3, 0.4) is 0 Å². The Hall–Kier alpha value is -1.49. The molecule has 1 aromatic rings. The Kier molecular flexibility index (Phi) is 4.47. The normalized spacial score (nSPS) is 14.8. The minimum absolute atomic E-state index is 0.246. The first-order chi connectivity index (χ1) is 9.06. The zero-order valence-corrected chi connectivity index (χ0v) is 11.6. The van der Waals surface area contributed by atoms with Gasteiger partial charge in [0.05, 0.1) is 5.75 Å². The van der Waals surface area contributed by atoms with Gasteiger partial charge in [0.1, 0.15) is 6.04 Å². The van der Waals surface area contributed by atoms with Gasteiger partial charge in [-0.3, -0.25) is 9.59 Å². The zero-order chi connectivity index (χ0) is 13.8. The summed E-state index contributed by atoms with van der Waals surface area (Å²) in [5.41, 5.74) is 2.79. The number of hydrogen-bond donors (Lipinski definition) is 2. The van der Waals surface area contributed by atoms with Gasteiger partial charge in [0.2, 0.25) is 5.91 Å². The van der Waals surface area contributed by atoms with Crippen LogP contribution in [0.25, 0.3) is 0 Å². The molecule has 2 rings (SSSR count). The first-order valence-corrected chi connectivity index (χ1v) is 7.31. The van der Waals surface area contributed by atoms with Gasteiger partial charge in [-0.05, 0) is 49.4 Å². The number of amides is 1. The summed E-state index contributed by atoms with van der Waals surface area (Å²) < 4.78 is 0. The lowest BCUT2D eigenvalue weighted by atomic mass is 10.1. The predicted molar refractivity (Wildman–Crippen MR) is 74.4 cm³/mol. The van der Waals surface area contributed by atoms with Crippen LogP contribution in [0.5, 0.6) is 0 Å². The van der Waals surface area contributed by atoms with Crippen LogP contribution in [0.2, 0.25) is 0 Å². The number of fused-ring (bicyclic) bond motifs is 1. The lowest BCUT2D eigenvalue weighted by molar-refractivity contribution is -0.140. The fourth-order valence-electron chi connectivity index (χ4n) is 2.13. The van der Waals surface area contributed by atoms with E-state index in [2.05, 4.69) is 17.4 Å². The van der Waals surface area contributed by atoms with Gasteiger partial charge in [-0.2, -0.15) is 0 Å². The van der Waals surface area contributed by atoms with E-state index in [-0.39, 0.29) is 11.7 Å². The van der Waals surface area contributed by atoms with Crippen molar-refractivity contribution in [1.29, 1.82) is 0 Å². The van der Waals surface area contributed by atoms with Crippen LogP contribution in [0.15, 0.2) is 23.1 Å². The van der Waals surface area contributed by atoms with Crippen LogP contribution in [0.1, 0.15) is 24.5 Å². The van der Waals surface area contributed by atoms with Gasteiger partial charge in [-0.15, -0.1) is 11.8 Å². The minimum atomic E-state index is -1.02. The highest BCUT2D eigenvalue weighted by molar-refractivity contribution is 8.00. The third kappa shape index (κ3) is 3.73. The molecule has 102 valence electrons. The number of aryl methyl sites for hydroxylation is 2. The summed E-state index contributed by atoms with van der Waals surface area (Å²) in [6.45, 7) is 1.46. The van der Waals surface area contributed by atoms with Gasteiger partial charge in [-0.25, -0.2) is 0 Å². The Morgan fingerprint density at radius 1 is 1.37 bits per heavy atom. The Morgan fingerprint density at radius 2 is 2.11 bits per heavy atom. The molecule has 0 fully saturated rings. The molecule has 0 spiro atoms. The van der Waals surface area contributed by atoms with Crippen molar-refractivity contribution in [3.63, 3.8) is 0 Å². The molecule has 19 heavy (non-hydrogen) atoms. The molecular formula is C14H17NO3S. The third-order valence-electron chi connectivity index (χ3n) is 3.19. The molecule has 0 saturated carbocycles. The largest absolute Gasteiger partial charge is 0.480 e. The van der Waals surface area contributed by atoms with E-state index in [0.717, 1.165) is 17.7 Å². The number of thioether (sulfide) groups is 1. The summed E-state index contributed by atoms with van der Waals surface area (Å²) in [7, 11) is 0. The first kappa shape index (κ1) is 13.9. The summed E-state index contributed by atoms with van der Waals surface area (Å²) in [4.78, 5) is 23.3. The number of rotatable bonds is 5. The van der Waals surface area contributed by atoms with Crippen molar-refractivity contribution in [2.75, 3.05) is 5.75 Å². The molecule has 1 aliphatic rings. The summed E-state index contributed by atoms with van der Waals surface area (Å²) >= 11 is 1.44. The second-order valence-electron chi connectivity index (χ2n) is 4.70. The van der Waals surface area contributed by atoms with Crippen LogP contribution in [0, 0.1) is 0 Å². The van der Waals surface area contributed by atoms with Gasteiger partial charge in [0, 0.05) is 4.90 Å². The van der Waals surface area contributed by atoms with Crippen molar-refractivity contribution >= 4 is 23.6 Å². The van der Waals surface area contributed by atoms with E-state index in [1.165, 1.54) is 36.2 Å². The Balaban J connectivity index is 1.85. The average Bonchev–Trinajstić information content (AvgIpc) is 2.83. The number of benzene rings is 1. The number of carbonyl (C=O) groups is 2. The van der Waals surface area contributed by atoms with E-state index < -0.39 is 12.0 Å². The highest BCUT2D eigenvalue weighted by atomic mass is 32.2. The second-order valence-corrected chi connectivity index (χ2v) is 5.75. The minimum Gasteiger partial charge on any atom is -0.480 e. The van der Waals surface area contributed by atoms with Crippen LogP contribution in [-0.4, -0.2) is 28.8 Å². The van der Waals surface area contributed by atoms with Crippen molar-refractivity contribution in [3.8, 4) is 0 Å². The molecule has 1 amide bonds. The molecule has 1 aliphatic carbocycles. The number of carboxylic acid groups (broad SMARTS) is 1. The number of nitrogens with one attached hydrogen (secondary N) is 1. The van der Waals surface area contributed by atoms with E-state index >= 15 is 0 Å². The van der Waals surface area contributed by atoms with Crippen LogP contribution in [-0.2, 0) is 22.4 Å². The highest BCUT2D eigenvalue weighted by Gasteiger charge is 2.15. The maximum absolute atomic E-state index is 11.6. The molecule has 0 aromatic heterocycles. The van der Waals surface area contributed by atoms with Crippen molar-refractivity contribution < 1.29 is 14.7 Å². The van der Waals surface area contributed by atoms with Crippen LogP contribution >= 0.6 is 11.8 Å². The van der Waals surface area contributed by atoms with Crippen molar-refractivity contribution in [1.82, 2.24) is 5.32 Å². The van der Waals surface area contributed by atoms with Gasteiger partial charge in [-0.1, -0.05) is 6.07 Å². The zero-order valence-electron chi connectivity index (χ0n) is 10.8. The topological polar surface area (TPSA) is 66.4 Å². The molecule has 5 heteroatoms. The molecular weight excluding hydrogens is 262 g/mol. The van der Waals surface area contributed by atoms with E-state index in [1.807, 2.05) is 6.07 Å². The van der Waals surface area contributed by atoms with E-state index in [0.29, 0.717) is 0 Å². The third-order valence-corrected chi connectivity index (χ3v) is 4.18. The predicted octanol–water partition coefficient (Wildman–Crippen LogP) is 1.86. The fourth-order valence-corrected chi connectivity index (χ4v) is 2.90. The highest BCUT2D eigenvalue weighted by Crippen LogP contribution is 2.27. The van der Waals surface area contributed by atoms with Gasteiger partial charge in [0.25, 0.3) is 0 Å². The smallest absolute Gasteiger partial charge is 0.325 e. The molecule has 0 aliphatic heterocycles. The summed E-state index contributed by atoms with van der Waals surface area (Å²) in [5, 5.41) is 11.1. The van der Waals surface area contributed by atoms with Gasteiger partial charge >= 0.3 is 5.97 Å². The molecule has 0 radical (unpaired) electrons. The Labute approximate surface area is 116 Å². The number of aliphatic carboxylic acids is 1. The van der Waals surface area contributed by atoms with Gasteiger partial charge in [0.15, 0.2) is 0 Å². The Bertz CT molecular complexity index is 501.